The SMILES string of the molecule is Cc1cccc(N(C)C(=N)C(C)(C)C)c1. The summed E-state index contributed by atoms with van der Waals surface area (Å²) in [4.78, 5) is 1.94. The van der Waals surface area contributed by atoms with Crippen LogP contribution in [-0.2, 0) is 0 Å². The van der Waals surface area contributed by atoms with E-state index in [0.29, 0.717) is 5.84 Å². The molecule has 1 aromatic carbocycles. The number of nitrogens with one attached hydrogen (secondary N) is 1. The molecule has 82 valence electrons. The van der Waals surface area contributed by atoms with Crippen molar-refractivity contribution in [2.24, 2.45) is 5.41 Å². The van der Waals surface area contributed by atoms with Crippen LogP contribution in [0.4, 0.5) is 5.69 Å². The summed E-state index contributed by atoms with van der Waals surface area (Å²) in [6.07, 6.45) is 0. The summed E-state index contributed by atoms with van der Waals surface area (Å²) in [5.74, 6) is 0.633. The molecule has 0 saturated heterocycles. The maximum Gasteiger partial charge on any atom is 0.105 e. The predicted octanol–water partition coefficient (Wildman–Crippen LogP) is 3.45. The Labute approximate surface area is 92.4 Å². The molecule has 0 unspecified atom stereocenters. The average molecular weight is 204 g/mol. The fourth-order valence-electron chi connectivity index (χ4n) is 1.47. The molecule has 0 spiro atoms. The quantitative estimate of drug-likeness (QED) is 0.550. The van der Waals surface area contributed by atoms with Crippen molar-refractivity contribution < 1.29 is 0 Å². The Balaban J connectivity index is 2.95. The van der Waals surface area contributed by atoms with Crippen LogP contribution in [-0.4, -0.2) is 12.9 Å². The molecule has 0 radical (unpaired) electrons. The number of benzene rings is 1. The van der Waals surface area contributed by atoms with Crippen LogP contribution in [0, 0.1) is 17.7 Å². The Morgan fingerprint density at radius 2 is 1.87 bits per heavy atom. The highest BCUT2D eigenvalue weighted by Gasteiger charge is 2.21. The first-order chi connectivity index (χ1) is 6.82. The van der Waals surface area contributed by atoms with Crippen LogP contribution >= 0.6 is 0 Å². The molecular formula is C13H20N2. The van der Waals surface area contributed by atoms with E-state index >= 15 is 0 Å². The summed E-state index contributed by atoms with van der Waals surface area (Å²) < 4.78 is 0. The maximum absolute atomic E-state index is 8.08. The number of anilines is 1. The van der Waals surface area contributed by atoms with Gasteiger partial charge in [0.2, 0.25) is 0 Å². The molecule has 1 aromatic rings. The lowest BCUT2D eigenvalue weighted by molar-refractivity contribution is 0.576. The predicted molar refractivity (Wildman–Crippen MR) is 66.8 cm³/mol. The summed E-state index contributed by atoms with van der Waals surface area (Å²) in [5.41, 5.74) is 2.19. The molecule has 1 N–H and O–H groups in total. The maximum atomic E-state index is 8.08. The Hall–Kier alpha value is -1.31. The fraction of sp³-hybridized carbons (Fsp3) is 0.462. The first kappa shape index (κ1) is 11.8. The van der Waals surface area contributed by atoms with Gasteiger partial charge in [-0.3, -0.25) is 5.41 Å². The molecule has 2 heteroatoms. The number of hydrogen-bond donors (Lipinski definition) is 1. The first-order valence-corrected chi connectivity index (χ1v) is 5.22. The van der Waals surface area contributed by atoms with Crippen molar-refractivity contribution in [3.63, 3.8) is 0 Å². The Morgan fingerprint density at radius 1 is 1.27 bits per heavy atom. The fourth-order valence-corrected chi connectivity index (χ4v) is 1.47. The summed E-state index contributed by atoms with van der Waals surface area (Å²) in [7, 11) is 1.95. The van der Waals surface area contributed by atoms with Crippen LogP contribution in [0.3, 0.4) is 0 Å². The van der Waals surface area contributed by atoms with Gasteiger partial charge in [0.25, 0.3) is 0 Å². The number of amidine groups is 1. The van der Waals surface area contributed by atoms with Crippen LogP contribution in [0.1, 0.15) is 26.3 Å². The Kier molecular flexibility index (Phi) is 3.18. The molecule has 0 amide bonds. The van der Waals surface area contributed by atoms with E-state index in [0.717, 1.165) is 5.69 Å². The Bertz CT molecular complexity index is 361. The summed E-state index contributed by atoms with van der Waals surface area (Å²) in [6.45, 7) is 8.24. The van der Waals surface area contributed by atoms with Crippen molar-refractivity contribution >= 4 is 11.5 Å². The van der Waals surface area contributed by atoms with E-state index in [1.165, 1.54) is 5.56 Å². The third-order valence-corrected chi connectivity index (χ3v) is 2.43. The van der Waals surface area contributed by atoms with Gasteiger partial charge < -0.3 is 4.90 Å². The molecule has 0 atom stereocenters. The lowest BCUT2D eigenvalue weighted by atomic mass is 9.94. The van der Waals surface area contributed by atoms with Crippen molar-refractivity contribution in [3.05, 3.63) is 29.8 Å². The summed E-state index contributed by atoms with van der Waals surface area (Å²) in [5, 5.41) is 8.08. The zero-order chi connectivity index (χ0) is 11.6. The van der Waals surface area contributed by atoms with Crippen molar-refractivity contribution in [1.82, 2.24) is 0 Å². The minimum absolute atomic E-state index is 0.113. The molecule has 0 heterocycles. The second-order valence-corrected chi connectivity index (χ2v) is 5.00. The normalized spacial score (nSPS) is 11.3. The van der Waals surface area contributed by atoms with Gasteiger partial charge in [-0.05, 0) is 24.6 Å². The second kappa shape index (κ2) is 4.05. The highest BCUT2D eigenvalue weighted by molar-refractivity contribution is 5.98. The Morgan fingerprint density at radius 3 is 2.33 bits per heavy atom. The zero-order valence-corrected chi connectivity index (χ0v) is 10.3. The van der Waals surface area contributed by atoms with Gasteiger partial charge in [0.15, 0.2) is 0 Å². The smallest absolute Gasteiger partial charge is 0.105 e. The van der Waals surface area contributed by atoms with Gasteiger partial charge in [0.05, 0.1) is 0 Å². The van der Waals surface area contributed by atoms with E-state index in [4.69, 9.17) is 5.41 Å². The molecule has 0 aliphatic carbocycles. The largest absolute Gasteiger partial charge is 0.333 e. The third kappa shape index (κ3) is 2.82. The first-order valence-electron chi connectivity index (χ1n) is 5.22. The molecule has 2 nitrogen and oxygen atoms in total. The molecule has 0 bridgehead atoms. The summed E-state index contributed by atoms with van der Waals surface area (Å²) >= 11 is 0. The van der Waals surface area contributed by atoms with E-state index < -0.39 is 0 Å². The van der Waals surface area contributed by atoms with E-state index in [1.807, 2.05) is 24.1 Å². The number of nitrogens with zero attached hydrogens (tertiary/aromatic N) is 1. The molecule has 0 aliphatic heterocycles. The van der Waals surface area contributed by atoms with Gasteiger partial charge in [-0.1, -0.05) is 32.9 Å². The van der Waals surface area contributed by atoms with Crippen LogP contribution in [0.2, 0.25) is 0 Å². The standard InChI is InChI=1S/C13H20N2/c1-10-7-6-8-11(9-10)15(5)12(14)13(2,3)4/h6-9,14H,1-5H3. The second-order valence-electron chi connectivity index (χ2n) is 5.00. The van der Waals surface area contributed by atoms with Gasteiger partial charge in [0.1, 0.15) is 5.84 Å². The number of rotatable bonds is 1. The molecule has 15 heavy (non-hydrogen) atoms. The van der Waals surface area contributed by atoms with Gasteiger partial charge in [0, 0.05) is 18.2 Å². The van der Waals surface area contributed by atoms with Gasteiger partial charge >= 0.3 is 0 Å². The van der Waals surface area contributed by atoms with Crippen molar-refractivity contribution in [3.8, 4) is 0 Å². The monoisotopic (exact) mass is 204 g/mol. The van der Waals surface area contributed by atoms with Gasteiger partial charge in [-0.15, -0.1) is 0 Å². The van der Waals surface area contributed by atoms with Crippen molar-refractivity contribution in [2.75, 3.05) is 11.9 Å². The van der Waals surface area contributed by atoms with Crippen LogP contribution in [0.15, 0.2) is 24.3 Å². The van der Waals surface area contributed by atoms with Crippen molar-refractivity contribution in [1.29, 1.82) is 5.41 Å². The zero-order valence-electron chi connectivity index (χ0n) is 10.3. The number of hydrogen-bond acceptors (Lipinski definition) is 1. The lowest BCUT2D eigenvalue weighted by Gasteiger charge is -2.29. The molecule has 0 aromatic heterocycles. The molecule has 0 fully saturated rings. The number of aryl methyl sites for hydroxylation is 1. The molecule has 1 rings (SSSR count). The van der Waals surface area contributed by atoms with Crippen LogP contribution in [0.5, 0.6) is 0 Å². The van der Waals surface area contributed by atoms with E-state index in [9.17, 15) is 0 Å². The average Bonchev–Trinajstić information content (AvgIpc) is 2.14. The van der Waals surface area contributed by atoms with Crippen LogP contribution in [0.25, 0.3) is 0 Å². The molecule has 0 aliphatic rings. The van der Waals surface area contributed by atoms with E-state index in [2.05, 4.69) is 39.8 Å². The summed E-state index contributed by atoms with van der Waals surface area (Å²) in [6, 6.07) is 8.22. The van der Waals surface area contributed by atoms with Crippen LogP contribution < -0.4 is 4.90 Å². The molecular weight excluding hydrogens is 184 g/mol. The van der Waals surface area contributed by atoms with Gasteiger partial charge in [-0.2, -0.15) is 0 Å². The minimum atomic E-state index is -0.113. The van der Waals surface area contributed by atoms with Crippen molar-refractivity contribution in [2.45, 2.75) is 27.7 Å². The minimum Gasteiger partial charge on any atom is -0.333 e. The third-order valence-electron chi connectivity index (χ3n) is 2.43. The molecule has 0 saturated carbocycles. The highest BCUT2D eigenvalue weighted by Crippen LogP contribution is 2.22. The topological polar surface area (TPSA) is 27.1 Å². The lowest BCUT2D eigenvalue weighted by Crippen LogP contribution is -2.36. The highest BCUT2D eigenvalue weighted by atomic mass is 15.2. The van der Waals surface area contributed by atoms with E-state index in [-0.39, 0.29) is 5.41 Å². The van der Waals surface area contributed by atoms with E-state index in [1.54, 1.807) is 0 Å². The van der Waals surface area contributed by atoms with Gasteiger partial charge in [-0.25, -0.2) is 0 Å².